The molecule has 0 atom stereocenters. The number of hydrogen-bond donors (Lipinski definition) is 1. The second kappa shape index (κ2) is 7.49. The van der Waals surface area contributed by atoms with E-state index in [1.54, 1.807) is 6.07 Å². The lowest BCUT2D eigenvalue weighted by Gasteiger charge is -2.21. The van der Waals surface area contributed by atoms with E-state index < -0.39 is 12.6 Å². The second-order valence-electron chi connectivity index (χ2n) is 5.92. The monoisotopic (exact) mass is 367 g/mol. The maximum Gasteiger partial charge on any atom is 0.389 e. The predicted molar refractivity (Wildman–Crippen MR) is 81.5 cm³/mol. The Balaban J connectivity index is 2.53. The molecule has 0 fully saturated rings. The highest BCUT2D eigenvalue weighted by molar-refractivity contribution is 9.10. The molecule has 6 heteroatoms. The first kappa shape index (κ1) is 18.3. The molecular formula is C15H21BrF3NO. The van der Waals surface area contributed by atoms with Crippen LogP contribution in [0.2, 0.25) is 0 Å². The fourth-order valence-electron chi connectivity index (χ4n) is 1.60. The highest BCUT2D eigenvalue weighted by Crippen LogP contribution is 2.24. The summed E-state index contributed by atoms with van der Waals surface area (Å²) in [5, 5.41) is 3.36. The third kappa shape index (κ3) is 8.31. The van der Waals surface area contributed by atoms with Crippen molar-refractivity contribution >= 4 is 15.9 Å². The third-order valence-electron chi connectivity index (χ3n) is 2.70. The van der Waals surface area contributed by atoms with Gasteiger partial charge in [0.15, 0.2) is 0 Å². The SMILES string of the molecule is CC(C)(C)NCc1cc(OCCCC(F)(F)F)ccc1Br. The number of halogens is 4. The lowest BCUT2D eigenvalue weighted by atomic mass is 10.1. The van der Waals surface area contributed by atoms with Crippen LogP contribution >= 0.6 is 15.9 Å². The summed E-state index contributed by atoms with van der Waals surface area (Å²) in [6, 6.07) is 5.44. The summed E-state index contributed by atoms with van der Waals surface area (Å²) in [6.45, 7) is 6.92. The van der Waals surface area contributed by atoms with E-state index in [0.717, 1.165) is 10.0 Å². The first-order chi connectivity index (χ1) is 9.57. The van der Waals surface area contributed by atoms with Gasteiger partial charge in [0.2, 0.25) is 0 Å². The molecule has 0 aliphatic carbocycles. The van der Waals surface area contributed by atoms with E-state index in [1.165, 1.54) is 0 Å². The molecule has 0 unspecified atom stereocenters. The van der Waals surface area contributed by atoms with Gasteiger partial charge in [0.05, 0.1) is 6.61 Å². The van der Waals surface area contributed by atoms with Crippen LogP contribution in [0.3, 0.4) is 0 Å². The van der Waals surface area contributed by atoms with Gasteiger partial charge in [-0.25, -0.2) is 0 Å². The third-order valence-corrected chi connectivity index (χ3v) is 3.47. The van der Waals surface area contributed by atoms with Crippen LogP contribution in [0, 0.1) is 0 Å². The first-order valence-corrected chi connectivity index (χ1v) is 7.59. The summed E-state index contributed by atoms with van der Waals surface area (Å²) in [4.78, 5) is 0. The quantitative estimate of drug-likeness (QED) is 0.709. The molecule has 0 spiro atoms. The van der Waals surface area contributed by atoms with E-state index >= 15 is 0 Å². The minimum Gasteiger partial charge on any atom is -0.494 e. The van der Waals surface area contributed by atoms with Crippen molar-refractivity contribution in [3.8, 4) is 5.75 Å². The van der Waals surface area contributed by atoms with Gasteiger partial charge in [-0.1, -0.05) is 15.9 Å². The zero-order chi connectivity index (χ0) is 16.1. The van der Waals surface area contributed by atoms with Crippen molar-refractivity contribution in [1.29, 1.82) is 0 Å². The van der Waals surface area contributed by atoms with Crippen molar-refractivity contribution in [3.05, 3.63) is 28.2 Å². The predicted octanol–water partition coefficient (Wildman–Crippen LogP) is 5.06. The average Bonchev–Trinajstić information content (AvgIpc) is 2.32. The highest BCUT2D eigenvalue weighted by atomic mass is 79.9. The van der Waals surface area contributed by atoms with Crippen molar-refractivity contribution in [2.45, 2.75) is 51.9 Å². The van der Waals surface area contributed by atoms with Crippen LogP contribution in [0.1, 0.15) is 39.2 Å². The maximum absolute atomic E-state index is 12.0. The minimum absolute atomic E-state index is 0.0109. The Bertz CT molecular complexity index is 455. The topological polar surface area (TPSA) is 21.3 Å². The van der Waals surface area contributed by atoms with Crippen LogP contribution in [-0.2, 0) is 6.54 Å². The van der Waals surface area contributed by atoms with Crippen molar-refractivity contribution in [3.63, 3.8) is 0 Å². The van der Waals surface area contributed by atoms with Gasteiger partial charge in [-0.15, -0.1) is 0 Å². The van der Waals surface area contributed by atoms with Crippen molar-refractivity contribution < 1.29 is 17.9 Å². The van der Waals surface area contributed by atoms with Crippen molar-refractivity contribution in [2.75, 3.05) is 6.61 Å². The Hall–Kier alpha value is -0.750. The Kier molecular flexibility index (Phi) is 6.53. The van der Waals surface area contributed by atoms with Gasteiger partial charge < -0.3 is 10.1 Å². The molecular weight excluding hydrogens is 347 g/mol. The molecule has 1 N–H and O–H groups in total. The molecule has 0 heterocycles. The largest absolute Gasteiger partial charge is 0.494 e. The van der Waals surface area contributed by atoms with Gasteiger partial charge in [-0.2, -0.15) is 13.2 Å². The van der Waals surface area contributed by atoms with Crippen LogP contribution in [0.25, 0.3) is 0 Å². The van der Waals surface area contributed by atoms with Crippen LogP contribution in [0.5, 0.6) is 5.75 Å². The van der Waals surface area contributed by atoms with E-state index in [4.69, 9.17) is 4.74 Å². The molecule has 0 bridgehead atoms. The average molecular weight is 368 g/mol. The Morgan fingerprint density at radius 2 is 1.86 bits per heavy atom. The van der Waals surface area contributed by atoms with Crippen LogP contribution in [0.4, 0.5) is 13.2 Å². The normalized spacial score (nSPS) is 12.5. The number of hydrogen-bond acceptors (Lipinski definition) is 2. The van der Waals surface area contributed by atoms with Crippen LogP contribution in [-0.4, -0.2) is 18.3 Å². The summed E-state index contributed by atoms with van der Waals surface area (Å²) in [5.41, 5.74) is 1.00. The molecule has 0 radical (unpaired) electrons. The molecule has 1 rings (SSSR count). The highest BCUT2D eigenvalue weighted by Gasteiger charge is 2.26. The number of alkyl halides is 3. The molecule has 0 amide bonds. The standard InChI is InChI=1S/C15H21BrF3NO/c1-14(2,3)20-10-11-9-12(5-6-13(11)16)21-8-4-7-15(17,18)19/h5-6,9,20H,4,7-8,10H2,1-3H3. The molecule has 0 aliphatic heterocycles. The molecule has 0 aliphatic rings. The number of rotatable bonds is 6. The van der Waals surface area contributed by atoms with Gasteiger partial charge in [0.25, 0.3) is 0 Å². The Morgan fingerprint density at radius 3 is 2.43 bits per heavy atom. The summed E-state index contributed by atoms with van der Waals surface area (Å²) in [6.07, 6.45) is -4.97. The Morgan fingerprint density at radius 1 is 1.19 bits per heavy atom. The van der Waals surface area contributed by atoms with E-state index in [-0.39, 0.29) is 18.6 Å². The zero-order valence-corrected chi connectivity index (χ0v) is 14.1. The molecule has 1 aromatic rings. The van der Waals surface area contributed by atoms with Gasteiger partial charge in [-0.05, 0) is 51.0 Å². The smallest absolute Gasteiger partial charge is 0.389 e. The lowest BCUT2D eigenvalue weighted by molar-refractivity contribution is -0.136. The van der Waals surface area contributed by atoms with Crippen LogP contribution in [0.15, 0.2) is 22.7 Å². The van der Waals surface area contributed by atoms with Crippen molar-refractivity contribution in [2.24, 2.45) is 0 Å². The maximum atomic E-state index is 12.0. The Labute approximate surface area is 132 Å². The van der Waals surface area contributed by atoms with Gasteiger partial charge >= 0.3 is 6.18 Å². The molecule has 0 saturated carbocycles. The summed E-state index contributed by atoms with van der Waals surface area (Å²) in [7, 11) is 0. The first-order valence-electron chi connectivity index (χ1n) is 6.80. The minimum atomic E-state index is -4.12. The molecule has 120 valence electrons. The molecule has 1 aromatic carbocycles. The number of benzene rings is 1. The lowest BCUT2D eigenvalue weighted by Crippen LogP contribution is -2.35. The second-order valence-corrected chi connectivity index (χ2v) is 6.78. The summed E-state index contributed by atoms with van der Waals surface area (Å²) >= 11 is 3.46. The molecule has 0 saturated heterocycles. The fraction of sp³-hybridized carbons (Fsp3) is 0.600. The number of nitrogens with one attached hydrogen (secondary N) is 1. The summed E-state index contributed by atoms with van der Waals surface area (Å²) < 4.78 is 42.4. The van der Waals surface area contributed by atoms with E-state index in [2.05, 4.69) is 42.0 Å². The van der Waals surface area contributed by atoms with E-state index in [0.29, 0.717) is 12.3 Å². The zero-order valence-electron chi connectivity index (χ0n) is 12.5. The van der Waals surface area contributed by atoms with Crippen molar-refractivity contribution in [1.82, 2.24) is 5.32 Å². The molecule has 21 heavy (non-hydrogen) atoms. The van der Waals surface area contributed by atoms with E-state index in [9.17, 15) is 13.2 Å². The molecule has 0 aromatic heterocycles. The summed E-state index contributed by atoms with van der Waals surface area (Å²) in [5.74, 6) is 0.589. The fourth-order valence-corrected chi connectivity index (χ4v) is 1.99. The van der Waals surface area contributed by atoms with Gasteiger partial charge in [0, 0.05) is 23.0 Å². The number of ether oxygens (including phenoxy) is 1. The molecule has 2 nitrogen and oxygen atoms in total. The van der Waals surface area contributed by atoms with Gasteiger partial charge in [0.1, 0.15) is 5.75 Å². The van der Waals surface area contributed by atoms with E-state index in [1.807, 2.05) is 12.1 Å². The van der Waals surface area contributed by atoms with Crippen LogP contribution < -0.4 is 10.1 Å². The van der Waals surface area contributed by atoms with Gasteiger partial charge in [-0.3, -0.25) is 0 Å².